The smallest absolute Gasteiger partial charge is 0.872 e. The van der Waals surface area contributed by atoms with Gasteiger partial charge in [0, 0.05) is 26.5 Å². The largest absolute Gasteiger partial charge is 2.00 e. The van der Waals surface area contributed by atoms with Crippen LogP contribution in [0.25, 0.3) is 0 Å². The van der Waals surface area contributed by atoms with Crippen LogP contribution in [0.1, 0.15) is 11.1 Å². The Morgan fingerprint density at radius 3 is 1.37 bits per heavy atom. The second kappa shape index (κ2) is 12.9. The van der Waals surface area contributed by atoms with Crippen LogP contribution in [0.5, 0.6) is 11.5 Å². The van der Waals surface area contributed by atoms with Crippen molar-refractivity contribution in [3.05, 3.63) is 83.9 Å². The predicted octanol–water partition coefficient (Wildman–Crippen LogP) is 3.04. The molecule has 0 aliphatic heterocycles. The van der Waals surface area contributed by atoms with Crippen LogP contribution in [0, 0.1) is 0 Å². The van der Waals surface area contributed by atoms with Crippen molar-refractivity contribution < 1.29 is 32.1 Å². The van der Waals surface area contributed by atoms with Gasteiger partial charge in [-0.2, -0.15) is 0 Å². The Morgan fingerprint density at radius 1 is 0.700 bits per heavy atom. The molecule has 0 bridgehead atoms. The van der Waals surface area contributed by atoms with Gasteiger partial charge in [0.05, 0.1) is 11.4 Å². The summed E-state index contributed by atoms with van der Waals surface area (Å²) < 4.78 is 0. The van der Waals surface area contributed by atoms with Gasteiger partial charge < -0.3 is 15.1 Å². The average molecular weight is 451 g/mol. The summed E-state index contributed by atoms with van der Waals surface area (Å²) in [6.07, 6.45) is 3.80. The number of nitrogens with zero attached hydrogens (tertiary/aromatic N) is 3. The van der Waals surface area contributed by atoms with Gasteiger partial charge in [-0.15, -0.1) is 11.5 Å². The number of para-hydroxylation sites is 4. The quantitative estimate of drug-likeness (QED) is 0.340. The molecular weight excluding hydrogens is 430 g/mol. The van der Waals surface area contributed by atoms with Crippen LogP contribution in [0.15, 0.2) is 82.8 Å². The van der Waals surface area contributed by atoms with Crippen molar-refractivity contribution in [2.75, 3.05) is 14.1 Å². The number of rotatable bonds is 5. The number of benzene rings is 3. The molecule has 0 N–H and O–H groups in total. The maximum absolute atomic E-state index is 11.7. The summed E-state index contributed by atoms with van der Waals surface area (Å²) in [5.41, 5.74) is 2.28. The molecule has 0 saturated heterocycles. The van der Waals surface area contributed by atoms with Gasteiger partial charge in [-0.25, -0.2) is 0 Å². The van der Waals surface area contributed by atoms with Crippen LogP contribution in [0.4, 0.5) is 11.4 Å². The maximum Gasteiger partial charge on any atom is 2.00 e. The zero-order valence-electron chi connectivity index (χ0n) is 16.5. The SMILES string of the molecule is CN(C)C=O.[Cu+2].[O-]c1ccccc1C=Nc1ccccc1N=Cc1ccccc1[O-]. The molecule has 30 heavy (non-hydrogen) atoms. The molecule has 7 heteroatoms. The Balaban J connectivity index is 0.000000674. The molecule has 6 nitrogen and oxygen atoms in total. The molecule has 3 aromatic carbocycles. The van der Waals surface area contributed by atoms with Gasteiger partial charge in [0.1, 0.15) is 0 Å². The van der Waals surface area contributed by atoms with E-state index in [9.17, 15) is 15.0 Å². The van der Waals surface area contributed by atoms with Crippen LogP contribution in [0.2, 0.25) is 0 Å². The molecule has 0 saturated carbocycles. The monoisotopic (exact) mass is 450 g/mol. The van der Waals surface area contributed by atoms with E-state index in [4.69, 9.17) is 0 Å². The molecule has 0 atom stereocenters. The summed E-state index contributed by atoms with van der Waals surface area (Å²) in [6.45, 7) is 0. The third-order valence-corrected chi connectivity index (χ3v) is 3.62. The summed E-state index contributed by atoms with van der Waals surface area (Å²) >= 11 is 0. The standard InChI is InChI=1S/C20H16N2O2.C3H7NO.Cu/c23-19-11-5-1-7-15(19)13-21-17-9-3-4-10-18(17)22-14-16-8-2-6-12-20(16)24;1-4(2)3-5;/h1-14,23-24H;3H,1-2H3;/q;;+2/p-2. The molecule has 0 aliphatic rings. The fourth-order valence-electron chi connectivity index (χ4n) is 2.14. The number of carbonyl (C=O) groups is 1. The van der Waals surface area contributed by atoms with Gasteiger partial charge in [-0.3, -0.25) is 14.8 Å². The fraction of sp³-hybridized carbons (Fsp3) is 0.0870. The third kappa shape index (κ3) is 7.91. The molecule has 0 aromatic heterocycles. The third-order valence-electron chi connectivity index (χ3n) is 3.62. The second-order valence-corrected chi connectivity index (χ2v) is 6.15. The Bertz CT molecular complexity index is 930. The van der Waals surface area contributed by atoms with E-state index in [0.29, 0.717) is 22.5 Å². The summed E-state index contributed by atoms with van der Waals surface area (Å²) in [4.78, 5) is 19.6. The topological polar surface area (TPSA) is 91.2 Å². The molecule has 1 radical (unpaired) electrons. The number of carbonyl (C=O) groups excluding carboxylic acids is 1. The Morgan fingerprint density at radius 2 is 1.03 bits per heavy atom. The molecule has 0 spiro atoms. The Kier molecular flexibility index (Phi) is 10.6. The van der Waals surface area contributed by atoms with Crippen LogP contribution < -0.4 is 10.2 Å². The Hall–Kier alpha value is -3.41. The van der Waals surface area contributed by atoms with Gasteiger partial charge in [-0.05, 0) is 23.3 Å². The number of amides is 1. The van der Waals surface area contributed by atoms with E-state index in [0.717, 1.165) is 6.41 Å². The fourth-order valence-corrected chi connectivity index (χ4v) is 2.14. The van der Waals surface area contributed by atoms with E-state index in [1.165, 1.54) is 29.5 Å². The minimum Gasteiger partial charge on any atom is -0.872 e. The molecule has 0 aliphatic carbocycles. The van der Waals surface area contributed by atoms with Crippen LogP contribution in [-0.4, -0.2) is 37.8 Å². The number of hydrogen-bond acceptors (Lipinski definition) is 5. The van der Waals surface area contributed by atoms with Crippen molar-refractivity contribution in [3.63, 3.8) is 0 Å². The zero-order valence-corrected chi connectivity index (χ0v) is 17.5. The predicted molar refractivity (Wildman–Crippen MR) is 112 cm³/mol. The van der Waals surface area contributed by atoms with Crippen molar-refractivity contribution in [2.45, 2.75) is 0 Å². The summed E-state index contributed by atoms with van der Waals surface area (Å²) in [7, 11) is 3.38. The Labute approximate surface area is 186 Å². The average Bonchev–Trinajstić information content (AvgIpc) is 2.73. The van der Waals surface area contributed by atoms with E-state index in [-0.39, 0.29) is 28.6 Å². The minimum atomic E-state index is -0.0810. The summed E-state index contributed by atoms with van der Waals surface area (Å²) in [5.74, 6) is -0.162. The molecule has 3 aromatic rings. The normalized spacial score (nSPS) is 10.2. The van der Waals surface area contributed by atoms with E-state index < -0.39 is 0 Å². The molecule has 0 unspecified atom stereocenters. The van der Waals surface area contributed by atoms with Crippen molar-refractivity contribution in [1.29, 1.82) is 0 Å². The van der Waals surface area contributed by atoms with Crippen LogP contribution in [-0.2, 0) is 21.9 Å². The first kappa shape index (κ1) is 24.6. The molecule has 0 fully saturated rings. The summed E-state index contributed by atoms with van der Waals surface area (Å²) in [6, 6.07) is 20.7. The van der Waals surface area contributed by atoms with Gasteiger partial charge in [-0.1, -0.05) is 60.7 Å². The minimum absolute atomic E-state index is 0. The van der Waals surface area contributed by atoms with Gasteiger partial charge in [0.15, 0.2) is 0 Å². The molecule has 157 valence electrons. The first-order valence-corrected chi connectivity index (χ1v) is 8.82. The van der Waals surface area contributed by atoms with Crippen molar-refractivity contribution in [3.8, 4) is 11.5 Å². The second-order valence-electron chi connectivity index (χ2n) is 6.15. The molecule has 1 amide bonds. The molecule has 3 rings (SSSR count). The van der Waals surface area contributed by atoms with E-state index in [2.05, 4.69) is 9.98 Å². The van der Waals surface area contributed by atoms with Crippen LogP contribution in [0.3, 0.4) is 0 Å². The molecular formula is C23H21CuN3O3. The van der Waals surface area contributed by atoms with Crippen molar-refractivity contribution in [1.82, 2.24) is 4.90 Å². The zero-order chi connectivity index (χ0) is 21.1. The first-order valence-electron chi connectivity index (χ1n) is 8.82. The van der Waals surface area contributed by atoms with Crippen molar-refractivity contribution in [2.24, 2.45) is 9.98 Å². The van der Waals surface area contributed by atoms with E-state index in [1.54, 1.807) is 62.6 Å². The number of hydrogen-bond donors (Lipinski definition) is 0. The molecule has 0 heterocycles. The van der Waals surface area contributed by atoms with Crippen molar-refractivity contribution >= 4 is 30.2 Å². The van der Waals surface area contributed by atoms with Gasteiger partial charge >= 0.3 is 17.1 Å². The maximum atomic E-state index is 11.7. The van der Waals surface area contributed by atoms with Crippen LogP contribution >= 0.6 is 0 Å². The van der Waals surface area contributed by atoms with E-state index in [1.807, 2.05) is 12.1 Å². The summed E-state index contributed by atoms with van der Waals surface area (Å²) in [5, 5.41) is 23.4. The van der Waals surface area contributed by atoms with Gasteiger partial charge in [0.2, 0.25) is 6.41 Å². The first-order chi connectivity index (χ1) is 14.0. The van der Waals surface area contributed by atoms with E-state index >= 15 is 0 Å². The van der Waals surface area contributed by atoms with Gasteiger partial charge in [0.25, 0.3) is 0 Å². The number of aliphatic imine (C=N–C) groups is 2.